The molecule has 0 saturated carbocycles. The molecule has 3 rings (SSSR count). The molecule has 0 unspecified atom stereocenters. The van der Waals surface area contributed by atoms with Crippen molar-refractivity contribution in [2.75, 3.05) is 18.4 Å². The highest BCUT2D eigenvalue weighted by molar-refractivity contribution is 6.26. The molecule has 2 N–H and O–H groups in total. The first kappa shape index (κ1) is 25.7. The van der Waals surface area contributed by atoms with Gasteiger partial charge >= 0.3 is 5.97 Å². The molecule has 1 aliphatic heterocycles. The highest BCUT2D eigenvalue weighted by atomic mass is 16.4. The Bertz CT molecular complexity index is 979. The van der Waals surface area contributed by atoms with Crippen LogP contribution in [0.3, 0.4) is 0 Å². The van der Waals surface area contributed by atoms with Gasteiger partial charge in [-0.1, -0.05) is 70.4 Å². The van der Waals surface area contributed by atoms with Gasteiger partial charge in [0, 0.05) is 47.1 Å². The highest BCUT2D eigenvalue weighted by Gasteiger charge is 2.32. The Hall–Kier alpha value is -2.89. The van der Waals surface area contributed by atoms with Crippen molar-refractivity contribution in [1.82, 2.24) is 4.90 Å². The Balaban J connectivity index is 1.57. The van der Waals surface area contributed by atoms with Gasteiger partial charge < -0.3 is 10.4 Å². The molecule has 0 saturated heterocycles. The summed E-state index contributed by atoms with van der Waals surface area (Å²) in [6, 6.07) is 9.34. The van der Waals surface area contributed by atoms with E-state index in [0.29, 0.717) is 24.0 Å². The number of hydrogen-bond donors (Lipinski definition) is 2. The summed E-state index contributed by atoms with van der Waals surface area (Å²) in [4.78, 5) is 38.1. The van der Waals surface area contributed by atoms with Crippen LogP contribution >= 0.6 is 0 Å². The molecule has 6 nitrogen and oxygen atoms in total. The van der Waals surface area contributed by atoms with Gasteiger partial charge in [-0.3, -0.25) is 19.3 Å². The predicted molar refractivity (Wildman–Crippen MR) is 137 cm³/mol. The van der Waals surface area contributed by atoms with Crippen LogP contribution in [-0.2, 0) is 4.79 Å². The van der Waals surface area contributed by atoms with E-state index < -0.39 is 5.97 Å². The quantitative estimate of drug-likeness (QED) is 0.214. The number of carbonyl (C=O) groups excluding carboxylic acids is 2. The molecule has 0 radical (unpaired) electrons. The van der Waals surface area contributed by atoms with Crippen molar-refractivity contribution >= 4 is 34.2 Å². The number of nitrogens with one attached hydrogen (secondary N) is 1. The summed E-state index contributed by atoms with van der Waals surface area (Å²) in [5, 5.41) is 13.9. The molecule has 1 aliphatic rings. The van der Waals surface area contributed by atoms with Gasteiger partial charge in [-0.05, 0) is 37.5 Å². The van der Waals surface area contributed by atoms with Gasteiger partial charge in [-0.2, -0.15) is 0 Å². The number of carbonyl (C=O) groups is 3. The molecular formula is C28H38N2O4. The van der Waals surface area contributed by atoms with Crippen LogP contribution in [0.25, 0.3) is 10.8 Å². The van der Waals surface area contributed by atoms with Gasteiger partial charge in [0.2, 0.25) is 0 Å². The van der Waals surface area contributed by atoms with Crippen molar-refractivity contribution in [3.05, 3.63) is 41.5 Å². The molecule has 2 aromatic rings. The van der Waals surface area contributed by atoms with Gasteiger partial charge in [0.25, 0.3) is 11.8 Å². The minimum absolute atomic E-state index is 0.0381. The smallest absolute Gasteiger partial charge is 0.303 e. The lowest BCUT2D eigenvalue weighted by Crippen LogP contribution is -2.40. The van der Waals surface area contributed by atoms with Crippen LogP contribution in [0, 0.1) is 0 Å². The number of amides is 2. The zero-order chi connectivity index (χ0) is 24.3. The van der Waals surface area contributed by atoms with E-state index in [9.17, 15) is 14.4 Å². The molecule has 0 fully saturated rings. The molecular weight excluding hydrogens is 428 g/mol. The maximum absolute atomic E-state index is 13.1. The van der Waals surface area contributed by atoms with Crippen LogP contribution < -0.4 is 5.32 Å². The molecule has 0 atom stereocenters. The lowest BCUT2D eigenvalue weighted by molar-refractivity contribution is -0.137. The molecule has 0 aromatic heterocycles. The third-order valence-electron chi connectivity index (χ3n) is 6.61. The molecule has 0 bridgehead atoms. The second kappa shape index (κ2) is 13.1. The highest BCUT2D eigenvalue weighted by Crippen LogP contribution is 2.34. The van der Waals surface area contributed by atoms with E-state index in [1.54, 1.807) is 6.07 Å². The minimum atomic E-state index is -0.867. The molecule has 6 heteroatoms. The summed E-state index contributed by atoms with van der Waals surface area (Å²) < 4.78 is 0. The SMILES string of the molecule is CCCCCCCCCCCNc1ccc2c3c(cccc13)C(=O)N(CCCCC(=O)O)C2=O. The fourth-order valence-corrected chi connectivity index (χ4v) is 4.71. The van der Waals surface area contributed by atoms with Gasteiger partial charge in [0.1, 0.15) is 0 Å². The third-order valence-corrected chi connectivity index (χ3v) is 6.61. The van der Waals surface area contributed by atoms with E-state index in [1.807, 2.05) is 24.3 Å². The van der Waals surface area contributed by atoms with Crippen LogP contribution in [0.5, 0.6) is 0 Å². The number of carboxylic acids is 1. The molecule has 184 valence electrons. The number of carboxylic acid groups (broad SMARTS) is 1. The fraction of sp³-hybridized carbons (Fsp3) is 0.536. The van der Waals surface area contributed by atoms with E-state index >= 15 is 0 Å². The van der Waals surface area contributed by atoms with Crippen LogP contribution in [-0.4, -0.2) is 40.9 Å². The van der Waals surface area contributed by atoms with Crippen LogP contribution in [0.1, 0.15) is 105 Å². The van der Waals surface area contributed by atoms with Gasteiger partial charge in [-0.25, -0.2) is 0 Å². The first-order valence-electron chi connectivity index (χ1n) is 12.9. The van der Waals surface area contributed by atoms with E-state index in [1.165, 1.54) is 56.3 Å². The van der Waals surface area contributed by atoms with Crippen molar-refractivity contribution in [3.63, 3.8) is 0 Å². The van der Waals surface area contributed by atoms with Crippen LogP contribution in [0.15, 0.2) is 30.3 Å². The molecule has 2 aromatic carbocycles. The lowest BCUT2D eigenvalue weighted by Gasteiger charge is -2.28. The van der Waals surface area contributed by atoms with Crippen molar-refractivity contribution in [3.8, 4) is 0 Å². The number of hydrogen-bond acceptors (Lipinski definition) is 4. The van der Waals surface area contributed by atoms with E-state index in [2.05, 4.69) is 12.2 Å². The Morgan fingerprint density at radius 3 is 2.15 bits per heavy atom. The minimum Gasteiger partial charge on any atom is -0.481 e. The number of unbranched alkanes of at least 4 members (excludes halogenated alkanes) is 9. The zero-order valence-electron chi connectivity index (χ0n) is 20.4. The van der Waals surface area contributed by atoms with Gasteiger partial charge in [-0.15, -0.1) is 0 Å². The monoisotopic (exact) mass is 466 g/mol. The Labute approximate surface area is 202 Å². The Kier molecular flexibility index (Phi) is 9.92. The van der Waals surface area contributed by atoms with Crippen molar-refractivity contribution in [2.24, 2.45) is 0 Å². The maximum atomic E-state index is 13.1. The number of nitrogens with zero attached hydrogens (tertiary/aromatic N) is 1. The standard InChI is InChI=1S/C28H38N2O4/c1-2-3-4-5-6-7-8-9-11-19-29-24-18-17-23-26-21(24)14-13-15-22(26)27(33)30(28(23)34)20-12-10-16-25(31)32/h13-15,17-18,29H,2-12,16,19-20H2,1H3,(H,31,32). The summed E-state index contributed by atoms with van der Waals surface area (Å²) in [7, 11) is 0. The van der Waals surface area contributed by atoms with Crippen molar-refractivity contribution in [1.29, 1.82) is 0 Å². The predicted octanol–water partition coefficient (Wildman–Crippen LogP) is 6.63. The molecule has 0 spiro atoms. The molecule has 34 heavy (non-hydrogen) atoms. The van der Waals surface area contributed by atoms with Crippen LogP contribution in [0.2, 0.25) is 0 Å². The number of rotatable bonds is 16. The third kappa shape index (κ3) is 6.58. The van der Waals surface area contributed by atoms with E-state index in [0.717, 1.165) is 29.4 Å². The van der Waals surface area contributed by atoms with Gasteiger partial charge in [0.05, 0.1) is 0 Å². The molecule has 2 amide bonds. The normalized spacial score (nSPS) is 13.0. The Morgan fingerprint density at radius 1 is 0.824 bits per heavy atom. The van der Waals surface area contributed by atoms with E-state index in [4.69, 9.17) is 5.11 Å². The van der Waals surface area contributed by atoms with Crippen molar-refractivity contribution < 1.29 is 19.5 Å². The van der Waals surface area contributed by atoms with Gasteiger partial charge in [0.15, 0.2) is 0 Å². The number of benzene rings is 2. The summed E-state index contributed by atoms with van der Waals surface area (Å²) in [6.45, 7) is 3.35. The maximum Gasteiger partial charge on any atom is 0.303 e. The second-order valence-electron chi connectivity index (χ2n) is 9.26. The topological polar surface area (TPSA) is 86.7 Å². The number of anilines is 1. The molecule has 1 heterocycles. The van der Waals surface area contributed by atoms with Crippen molar-refractivity contribution in [2.45, 2.75) is 84.0 Å². The Morgan fingerprint density at radius 2 is 1.47 bits per heavy atom. The number of aliphatic carboxylic acids is 1. The average Bonchev–Trinajstić information content (AvgIpc) is 2.83. The van der Waals surface area contributed by atoms with E-state index in [-0.39, 0.29) is 24.8 Å². The lowest BCUT2D eigenvalue weighted by atomic mass is 9.92. The largest absolute Gasteiger partial charge is 0.481 e. The first-order chi connectivity index (χ1) is 16.5. The summed E-state index contributed by atoms with van der Waals surface area (Å²) >= 11 is 0. The second-order valence-corrected chi connectivity index (χ2v) is 9.26. The summed E-state index contributed by atoms with van der Waals surface area (Å²) in [5.74, 6) is -1.46. The zero-order valence-corrected chi connectivity index (χ0v) is 20.4. The fourth-order valence-electron chi connectivity index (χ4n) is 4.71. The average molecular weight is 467 g/mol. The van der Waals surface area contributed by atoms with Crippen LogP contribution in [0.4, 0.5) is 5.69 Å². The molecule has 0 aliphatic carbocycles. The summed E-state index contributed by atoms with van der Waals surface area (Å²) in [6.07, 6.45) is 12.5. The summed E-state index contributed by atoms with van der Waals surface area (Å²) in [5.41, 5.74) is 2.03. The number of imide groups is 1. The first-order valence-corrected chi connectivity index (χ1v) is 12.9.